The molecular formula is C29H30O9. The molecule has 2 heterocycles. The van der Waals surface area contributed by atoms with E-state index in [2.05, 4.69) is 0 Å². The molecule has 2 aliphatic heterocycles. The van der Waals surface area contributed by atoms with E-state index in [4.69, 9.17) is 23.7 Å². The Labute approximate surface area is 220 Å². The van der Waals surface area contributed by atoms with Crippen LogP contribution >= 0.6 is 0 Å². The third-order valence-corrected chi connectivity index (χ3v) is 7.37. The number of phenolic OH excluding ortho intramolecular Hbond substituents is 3. The first-order valence-electron chi connectivity index (χ1n) is 12.2. The van der Waals surface area contributed by atoms with Gasteiger partial charge < -0.3 is 39.0 Å². The van der Waals surface area contributed by atoms with Crippen LogP contribution in [0.2, 0.25) is 0 Å². The molecule has 0 saturated carbocycles. The predicted molar refractivity (Wildman–Crippen MR) is 136 cm³/mol. The first-order valence-corrected chi connectivity index (χ1v) is 12.2. The van der Waals surface area contributed by atoms with Crippen LogP contribution in [0, 0.1) is 11.8 Å². The summed E-state index contributed by atoms with van der Waals surface area (Å²) < 4.78 is 28.2. The lowest BCUT2D eigenvalue weighted by molar-refractivity contribution is 0.0191. The van der Waals surface area contributed by atoms with Crippen LogP contribution in [0.15, 0.2) is 48.5 Å². The number of carbonyl (C=O) groups excluding carboxylic acids is 1. The third kappa shape index (κ3) is 4.59. The maximum Gasteiger partial charge on any atom is 0.167 e. The van der Waals surface area contributed by atoms with Crippen molar-refractivity contribution in [2.45, 2.75) is 18.6 Å². The molecule has 3 N–H and O–H groups in total. The zero-order chi connectivity index (χ0) is 27.0. The average molecular weight is 523 g/mol. The molecule has 2 fully saturated rings. The second kappa shape index (κ2) is 10.4. The first-order chi connectivity index (χ1) is 18.3. The Morgan fingerprint density at radius 3 is 1.95 bits per heavy atom. The molecule has 9 nitrogen and oxygen atoms in total. The van der Waals surface area contributed by atoms with Crippen LogP contribution in [0.25, 0.3) is 0 Å². The summed E-state index contributed by atoms with van der Waals surface area (Å²) in [5, 5.41) is 30.6. The number of fused-ring (bicyclic) bond motifs is 1. The van der Waals surface area contributed by atoms with Crippen molar-refractivity contribution < 1.29 is 43.8 Å². The van der Waals surface area contributed by atoms with Crippen molar-refractivity contribution in [3.63, 3.8) is 0 Å². The van der Waals surface area contributed by atoms with Gasteiger partial charge >= 0.3 is 0 Å². The van der Waals surface area contributed by atoms with Crippen LogP contribution in [0.4, 0.5) is 0 Å². The topological polar surface area (TPSA) is 124 Å². The van der Waals surface area contributed by atoms with Gasteiger partial charge in [0.25, 0.3) is 0 Å². The smallest absolute Gasteiger partial charge is 0.167 e. The summed E-state index contributed by atoms with van der Waals surface area (Å²) in [5.41, 5.74) is 2.43. The van der Waals surface area contributed by atoms with E-state index >= 15 is 0 Å². The molecule has 4 atom stereocenters. The highest BCUT2D eigenvalue weighted by Gasteiger charge is 2.48. The Hall–Kier alpha value is -3.95. The summed E-state index contributed by atoms with van der Waals surface area (Å²) in [7, 11) is 4.37. The second-order valence-corrected chi connectivity index (χ2v) is 9.48. The van der Waals surface area contributed by atoms with E-state index in [9.17, 15) is 20.1 Å². The molecule has 0 unspecified atom stereocenters. The van der Waals surface area contributed by atoms with Gasteiger partial charge in [-0.3, -0.25) is 4.79 Å². The number of hydrogen-bond acceptors (Lipinski definition) is 9. The van der Waals surface area contributed by atoms with E-state index in [1.807, 2.05) is 6.07 Å². The fraction of sp³-hybridized carbons (Fsp3) is 0.345. The Morgan fingerprint density at radius 2 is 1.32 bits per heavy atom. The summed E-state index contributed by atoms with van der Waals surface area (Å²) in [6.07, 6.45) is -0.623. The van der Waals surface area contributed by atoms with Crippen molar-refractivity contribution in [1.82, 2.24) is 0 Å². The summed E-state index contributed by atoms with van der Waals surface area (Å²) in [6.45, 7) is 0.932. The van der Waals surface area contributed by atoms with Gasteiger partial charge in [-0.2, -0.15) is 0 Å². The number of ether oxygens (including phenoxy) is 5. The molecule has 0 radical (unpaired) electrons. The van der Waals surface area contributed by atoms with Gasteiger partial charge in [-0.25, -0.2) is 0 Å². The van der Waals surface area contributed by atoms with E-state index in [0.29, 0.717) is 30.1 Å². The Morgan fingerprint density at radius 1 is 0.763 bits per heavy atom. The molecule has 38 heavy (non-hydrogen) atoms. The molecule has 3 aromatic carbocycles. The van der Waals surface area contributed by atoms with Crippen LogP contribution in [-0.2, 0) is 15.9 Å². The summed E-state index contributed by atoms with van der Waals surface area (Å²) in [4.78, 5) is 13.1. The number of aromatic hydroxyl groups is 3. The molecule has 2 saturated heterocycles. The molecular weight excluding hydrogens is 492 g/mol. The van der Waals surface area contributed by atoms with Crippen molar-refractivity contribution in [3.05, 3.63) is 70.8 Å². The molecule has 0 spiro atoms. The highest BCUT2D eigenvalue weighted by molar-refractivity contribution is 5.98. The van der Waals surface area contributed by atoms with Crippen LogP contribution in [-0.4, -0.2) is 55.6 Å². The fourth-order valence-electron chi connectivity index (χ4n) is 5.38. The highest BCUT2D eigenvalue weighted by Crippen LogP contribution is 2.52. The van der Waals surface area contributed by atoms with E-state index in [1.165, 1.54) is 39.5 Å². The zero-order valence-corrected chi connectivity index (χ0v) is 21.3. The summed E-state index contributed by atoms with van der Waals surface area (Å²) in [5.74, 6) is 0.575. The molecule has 0 aromatic heterocycles. The SMILES string of the molecule is COc1cc(C(=O)Cc2cc([C@@H]3OC[C@@H]4[C@H]3CO[C@H]4c3ccc(O)c(OC)c3)cc(OC)c2O)ccc1O. The van der Waals surface area contributed by atoms with Gasteiger partial charge in [0.2, 0.25) is 0 Å². The minimum absolute atomic E-state index is 0.0407. The Balaban J connectivity index is 1.40. The normalized spacial score (nSPS) is 22.2. The lowest BCUT2D eigenvalue weighted by Crippen LogP contribution is -2.15. The van der Waals surface area contributed by atoms with Gasteiger partial charge in [-0.05, 0) is 53.6 Å². The van der Waals surface area contributed by atoms with Crippen LogP contribution < -0.4 is 14.2 Å². The molecule has 2 aliphatic rings. The van der Waals surface area contributed by atoms with Crippen molar-refractivity contribution in [3.8, 4) is 34.5 Å². The third-order valence-electron chi connectivity index (χ3n) is 7.37. The zero-order valence-electron chi connectivity index (χ0n) is 21.3. The molecule has 0 amide bonds. The van der Waals surface area contributed by atoms with Crippen molar-refractivity contribution in [1.29, 1.82) is 0 Å². The van der Waals surface area contributed by atoms with Crippen LogP contribution in [0.3, 0.4) is 0 Å². The van der Waals surface area contributed by atoms with Gasteiger partial charge in [0.05, 0.1) is 46.8 Å². The number of ketones is 1. The standard InChI is InChI=1S/C29H30O9/c1-34-24-10-15(4-6-21(24)30)23(32)9-17-8-18(12-26(36-3)27(17)33)29-20-14-37-28(19(20)13-38-29)16-5-7-22(31)25(11-16)35-2/h4-8,10-12,19-20,28-31,33H,9,13-14H2,1-3H3/t19-,20-,28+,29+/m1/s1. The first kappa shape index (κ1) is 25.7. The van der Waals surface area contributed by atoms with Gasteiger partial charge in [0, 0.05) is 29.4 Å². The van der Waals surface area contributed by atoms with Gasteiger partial charge in [-0.1, -0.05) is 6.07 Å². The number of rotatable bonds is 8. The Bertz CT molecular complexity index is 1350. The van der Waals surface area contributed by atoms with E-state index in [0.717, 1.165) is 11.1 Å². The number of methoxy groups -OCH3 is 3. The molecule has 0 bridgehead atoms. The largest absolute Gasteiger partial charge is 0.504 e. The molecule has 0 aliphatic carbocycles. The van der Waals surface area contributed by atoms with E-state index < -0.39 is 0 Å². The molecule has 5 rings (SSSR count). The second-order valence-electron chi connectivity index (χ2n) is 9.48. The van der Waals surface area contributed by atoms with E-state index in [1.54, 1.807) is 24.3 Å². The molecule has 200 valence electrons. The quantitative estimate of drug-likeness (QED) is 0.371. The van der Waals surface area contributed by atoms with Gasteiger partial charge in [-0.15, -0.1) is 0 Å². The monoisotopic (exact) mass is 522 g/mol. The number of hydrogen-bond donors (Lipinski definition) is 3. The minimum atomic E-state index is -0.318. The lowest BCUT2D eigenvalue weighted by Gasteiger charge is -2.19. The van der Waals surface area contributed by atoms with Crippen molar-refractivity contribution in [2.24, 2.45) is 11.8 Å². The minimum Gasteiger partial charge on any atom is -0.504 e. The Kier molecular flexibility index (Phi) is 7.05. The number of phenols is 3. The summed E-state index contributed by atoms with van der Waals surface area (Å²) >= 11 is 0. The maximum atomic E-state index is 13.1. The van der Waals surface area contributed by atoms with E-state index in [-0.39, 0.29) is 65.0 Å². The van der Waals surface area contributed by atoms with Crippen molar-refractivity contribution >= 4 is 5.78 Å². The van der Waals surface area contributed by atoms with Crippen LogP contribution in [0.5, 0.6) is 34.5 Å². The average Bonchev–Trinajstić information content (AvgIpc) is 3.53. The number of Topliss-reactive ketones (excluding diaryl/α,β-unsaturated/α-hetero) is 1. The molecule has 3 aromatic rings. The fourth-order valence-corrected chi connectivity index (χ4v) is 5.38. The lowest BCUT2D eigenvalue weighted by atomic mass is 9.84. The van der Waals surface area contributed by atoms with Gasteiger partial charge in [0.1, 0.15) is 0 Å². The number of carbonyl (C=O) groups is 1. The molecule has 9 heteroatoms. The van der Waals surface area contributed by atoms with Gasteiger partial charge in [0.15, 0.2) is 40.3 Å². The number of benzene rings is 3. The van der Waals surface area contributed by atoms with Crippen molar-refractivity contribution in [2.75, 3.05) is 34.5 Å². The maximum absolute atomic E-state index is 13.1. The predicted octanol–water partition coefficient (Wildman–Crippen LogP) is 4.33. The highest BCUT2D eigenvalue weighted by atomic mass is 16.5. The van der Waals surface area contributed by atoms with Crippen LogP contribution in [0.1, 0.15) is 39.3 Å². The summed E-state index contributed by atoms with van der Waals surface area (Å²) in [6, 6.07) is 13.1.